The maximum Gasteiger partial charge on any atom is 0.407 e. The fourth-order valence-corrected chi connectivity index (χ4v) is 5.65. The number of carbonyl (C=O) groups is 2. The summed E-state index contributed by atoms with van der Waals surface area (Å²) in [5.74, 6) is -0.547. The molecular weight excluding hydrogens is 354 g/mol. The third-order valence-corrected chi connectivity index (χ3v) is 6.93. The molecule has 0 aromatic heterocycles. The summed E-state index contributed by atoms with van der Waals surface area (Å²) in [7, 11) is 0. The predicted octanol–water partition coefficient (Wildman–Crippen LogP) is 4.03. The Morgan fingerprint density at radius 3 is 2.25 bits per heavy atom. The van der Waals surface area contributed by atoms with Gasteiger partial charge in [0.15, 0.2) is 0 Å². The molecule has 1 atom stereocenters. The minimum atomic E-state index is -0.741. The van der Waals surface area contributed by atoms with Crippen molar-refractivity contribution in [1.29, 1.82) is 0 Å². The fraction of sp³-hybridized carbons (Fsp3) is 0.391. The number of alkyl carbamates (subject to hydrolysis) is 1. The highest BCUT2D eigenvalue weighted by molar-refractivity contribution is 5.79. The van der Waals surface area contributed by atoms with Gasteiger partial charge in [-0.1, -0.05) is 48.5 Å². The number of hydrogen-bond donors (Lipinski definition) is 2. The Kier molecular flexibility index (Phi) is 3.93. The minimum absolute atomic E-state index is 0.0302. The summed E-state index contributed by atoms with van der Waals surface area (Å²) in [5.41, 5.74) is 4.48. The molecule has 1 amide bonds. The van der Waals surface area contributed by atoms with E-state index in [1.807, 2.05) is 24.3 Å². The summed E-state index contributed by atoms with van der Waals surface area (Å²) in [6, 6.07) is 16.5. The molecule has 4 aliphatic carbocycles. The van der Waals surface area contributed by atoms with E-state index in [4.69, 9.17) is 4.74 Å². The van der Waals surface area contributed by atoms with Crippen LogP contribution in [0.25, 0.3) is 11.1 Å². The summed E-state index contributed by atoms with van der Waals surface area (Å²) in [6.07, 6.45) is 2.07. The lowest BCUT2D eigenvalue weighted by Crippen LogP contribution is -2.45. The van der Waals surface area contributed by atoms with Gasteiger partial charge in [0.05, 0.1) is 5.92 Å². The van der Waals surface area contributed by atoms with Crippen molar-refractivity contribution in [2.75, 3.05) is 13.2 Å². The third-order valence-electron chi connectivity index (χ3n) is 6.93. The molecule has 1 unspecified atom stereocenters. The van der Waals surface area contributed by atoms with E-state index < -0.39 is 12.1 Å². The summed E-state index contributed by atoms with van der Waals surface area (Å²) < 4.78 is 5.56. The lowest BCUT2D eigenvalue weighted by atomic mass is 9.66. The first-order chi connectivity index (χ1) is 13.6. The van der Waals surface area contributed by atoms with Gasteiger partial charge < -0.3 is 15.2 Å². The number of benzene rings is 2. The molecule has 2 aromatic carbocycles. The van der Waals surface area contributed by atoms with Crippen molar-refractivity contribution < 1.29 is 19.4 Å². The Morgan fingerprint density at radius 2 is 1.64 bits per heavy atom. The third kappa shape index (κ3) is 2.60. The number of carboxylic acids is 1. The van der Waals surface area contributed by atoms with Gasteiger partial charge in [0, 0.05) is 17.9 Å². The average Bonchev–Trinajstić information content (AvgIpc) is 3.33. The van der Waals surface area contributed by atoms with Crippen molar-refractivity contribution >= 4 is 12.1 Å². The molecule has 5 nitrogen and oxygen atoms in total. The highest BCUT2D eigenvalue weighted by Crippen LogP contribution is 2.62. The summed E-state index contributed by atoms with van der Waals surface area (Å²) >= 11 is 0. The van der Waals surface area contributed by atoms with Crippen LogP contribution in [-0.2, 0) is 9.53 Å². The van der Waals surface area contributed by atoms with Crippen LogP contribution < -0.4 is 5.32 Å². The summed E-state index contributed by atoms with van der Waals surface area (Å²) in [4.78, 5) is 23.8. The van der Waals surface area contributed by atoms with Gasteiger partial charge in [-0.3, -0.25) is 4.79 Å². The van der Waals surface area contributed by atoms with Gasteiger partial charge in [-0.05, 0) is 47.4 Å². The van der Waals surface area contributed by atoms with E-state index in [2.05, 4.69) is 29.6 Å². The number of aliphatic carboxylic acids is 1. The van der Waals surface area contributed by atoms with Gasteiger partial charge in [0.25, 0.3) is 0 Å². The molecule has 2 aromatic rings. The highest BCUT2D eigenvalue weighted by atomic mass is 16.5. The van der Waals surface area contributed by atoms with Crippen LogP contribution in [0, 0.1) is 17.3 Å². The normalized spacial score (nSPS) is 26.9. The molecule has 0 heterocycles. The highest BCUT2D eigenvalue weighted by Gasteiger charge is 2.59. The Hall–Kier alpha value is -2.82. The first kappa shape index (κ1) is 17.3. The standard InChI is InChI=1S/C23H23NO4/c25-21(26)20-9-14-10-23(20,11-14)13-24-22(27)28-12-19-17-7-3-1-5-15(17)16-6-2-4-8-18(16)19/h1-8,14,19-20H,9-13H2,(H,24,27)(H,25,26). The smallest absolute Gasteiger partial charge is 0.407 e. The Morgan fingerprint density at radius 1 is 1.04 bits per heavy atom. The molecule has 3 saturated carbocycles. The van der Waals surface area contributed by atoms with E-state index in [9.17, 15) is 14.7 Å². The number of carbonyl (C=O) groups excluding carboxylic acids is 1. The summed E-state index contributed by atoms with van der Waals surface area (Å²) in [5, 5.41) is 12.3. The number of fused-ring (bicyclic) bond motifs is 4. The number of hydrogen-bond acceptors (Lipinski definition) is 3. The van der Waals surface area contributed by atoms with E-state index in [1.54, 1.807) is 0 Å². The number of rotatable bonds is 5. The van der Waals surface area contributed by atoms with Crippen LogP contribution in [0.4, 0.5) is 4.79 Å². The van der Waals surface area contributed by atoms with Crippen LogP contribution in [0.2, 0.25) is 0 Å². The monoisotopic (exact) mass is 377 g/mol. The number of carboxylic acid groups (broad SMARTS) is 1. The molecule has 3 fully saturated rings. The second-order valence-corrected chi connectivity index (χ2v) is 8.44. The Balaban J connectivity index is 1.24. The van der Waals surface area contributed by atoms with Crippen molar-refractivity contribution in [3.8, 4) is 11.1 Å². The zero-order valence-electron chi connectivity index (χ0n) is 15.6. The molecule has 0 spiro atoms. The molecule has 0 aliphatic heterocycles. The molecule has 2 bridgehead atoms. The number of amides is 1. The van der Waals surface area contributed by atoms with Gasteiger partial charge in [0.2, 0.25) is 0 Å². The fourth-order valence-electron chi connectivity index (χ4n) is 5.65. The van der Waals surface area contributed by atoms with Crippen LogP contribution in [-0.4, -0.2) is 30.3 Å². The van der Waals surface area contributed by atoms with Crippen molar-refractivity contribution in [1.82, 2.24) is 5.32 Å². The first-order valence-corrected chi connectivity index (χ1v) is 9.89. The SMILES string of the molecule is O=C(NCC12CC(CC1C(=O)O)C2)OCC1c2ccccc2-c2ccccc21. The Labute approximate surface area is 163 Å². The zero-order valence-corrected chi connectivity index (χ0v) is 15.6. The lowest BCUT2D eigenvalue weighted by Gasteiger charge is -2.40. The van der Waals surface area contributed by atoms with E-state index in [0.29, 0.717) is 12.5 Å². The number of ether oxygens (including phenoxy) is 1. The second-order valence-electron chi connectivity index (χ2n) is 8.44. The number of nitrogens with one attached hydrogen (secondary N) is 1. The topological polar surface area (TPSA) is 75.6 Å². The van der Waals surface area contributed by atoms with Crippen LogP contribution in [0.1, 0.15) is 36.3 Å². The first-order valence-electron chi connectivity index (χ1n) is 9.89. The minimum Gasteiger partial charge on any atom is -0.481 e. The van der Waals surface area contributed by atoms with Crippen LogP contribution in [0.3, 0.4) is 0 Å². The van der Waals surface area contributed by atoms with E-state index in [-0.39, 0.29) is 23.9 Å². The molecular formula is C23H23NO4. The van der Waals surface area contributed by atoms with E-state index in [1.165, 1.54) is 22.3 Å². The molecule has 4 aliphatic rings. The lowest BCUT2D eigenvalue weighted by molar-refractivity contribution is -0.145. The molecule has 144 valence electrons. The molecule has 2 N–H and O–H groups in total. The van der Waals surface area contributed by atoms with Crippen molar-refractivity contribution in [2.45, 2.75) is 25.2 Å². The van der Waals surface area contributed by atoms with Crippen LogP contribution in [0.5, 0.6) is 0 Å². The van der Waals surface area contributed by atoms with Gasteiger partial charge in [-0.25, -0.2) is 4.79 Å². The second kappa shape index (κ2) is 6.36. The van der Waals surface area contributed by atoms with Crippen molar-refractivity contribution in [3.05, 3.63) is 59.7 Å². The molecule has 28 heavy (non-hydrogen) atoms. The maximum atomic E-state index is 12.3. The van der Waals surface area contributed by atoms with Crippen LogP contribution in [0.15, 0.2) is 48.5 Å². The van der Waals surface area contributed by atoms with Gasteiger partial charge in [-0.2, -0.15) is 0 Å². The van der Waals surface area contributed by atoms with Gasteiger partial charge in [0.1, 0.15) is 6.61 Å². The quantitative estimate of drug-likeness (QED) is 0.825. The maximum absolute atomic E-state index is 12.3. The largest absolute Gasteiger partial charge is 0.481 e. The van der Waals surface area contributed by atoms with Gasteiger partial charge >= 0.3 is 12.1 Å². The predicted molar refractivity (Wildman–Crippen MR) is 104 cm³/mol. The summed E-state index contributed by atoms with van der Waals surface area (Å²) in [6.45, 7) is 0.662. The van der Waals surface area contributed by atoms with Crippen molar-refractivity contribution in [3.63, 3.8) is 0 Å². The molecule has 0 saturated heterocycles. The zero-order chi connectivity index (χ0) is 19.3. The average molecular weight is 377 g/mol. The Bertz CT molecular complexity index is 902. The van der Waals surface area contributed by atoms with E-state index >= 15 is 0 Å². The molecule has 0 radical (unpaired) electrons. The molecule has 5 heteroatoms. The van der Waals surface area contributed by atoms with Crippen LogP contribution >= 0.6 is 0 Å². The van der Waals surface area contributed by atoms with E-state index in [0.717, 1.165) is 19.3 Å². The van der Waals surface area contributed by atoms with Gasteiger partial charge in [-0.15, -0.1) is 0 Å². The molecule has 6 rings (SSSR count). The van der Waals surface area contributed by atoms with Crippen molar-refractivity contribution in [2.24, 2.45) is 17.3 Å².